The Bertz CT molecular complexity index is 943. The normalized spacial score (nSPS) is 11.0. The zero-order valence-corrected chi connectivity index (χ0v) is 14.6. The molecule has 0 unspecified atom stereocenters. The average molecular weight is 383 g/mol. The molecule has 0 spiro atoms. The number of carbonyl (C=O) groups is 1. The van der Waals surface area contributed by atoms with Crippen molar-refractivity contribution >= 4 is 40.0 Å². The standard InChI is InChI=1S/C17H13Cl2FN2O3/c1-24-4-5-25-13-3-2-12(20)14(15(13)19)16(23)11-8-22-17-10(11)6-9(18)7-21-17/h2-3,6-8H,4-5H2,1H3,(H,21,22). The fraction of sp³-hybridized carbons (Fsp3) is 0.176. The van der Waals surface area contributed by atoms with Gasteiger partial charge in [-0.2, -0.15) is 0 Å². The van der Waals surface area contributed by atoms with Crippen LogP contribution in [0.4, 0.5) is 4.39 Å². The zero-order chi connectivity index (χ0) is 18.0. The van der Waals surface area contributed by atoms with Gasteiger partial charge in [-0.1, -0.05) is 23.2 Å². The number of pyridine rings is 1. The summed E-state index contributed by atoms with van der Waals surface area (Å²) in [4.78, 5) is 19.8. The largest absolute Gasteiger partial charge is 0.490 e. The molecule has 2 heterocycles. The Balaban J connectivity index is 2.03. The van der Waals surface area contributed by atoms with Crippen LogP contribution in [0.1, 0.15) is 15.9 Å². The van der Waals surface area contributed by atoms with Crippen molar-refractivity contribution in [3.63, 3.8) is 0 Å². The smallest absolute Gasteiger partial charge is 0.199 e. The van der Waals surface area contributed by atoms with Crippen molar-refractivity contribution in [2.75, 3.05) is 20.3 Å². The third-order valence-electron chi connectivity index (χ3n) is 3.57. The van der Waals surface area contributed by atoms with Gasteiger partial charge >= 0.3 is 0 Å². The van der Waals surface area contributed by atoms with E-state index in [0.717, 1.165) is 6.07 Å². The molecule has 25 heavy (non-hydrogen) atoms. The predicted octanol–water partition coefficient (Wildman–Crippen LogP) is 4.27. The van der Waals surface area contributed by atoms with E-state index in [1.807, 2.05) is 0 Å². The van der Waals surface area contributed by atoms with Crippen molar-refractivity contribution in [2.45, 2.75) is 0 Å². The van der Waals surface area contributed by atoms with E-state index in [1.165, 1.54) is 25.6 Å². The number of hydrogen-bond acceptors (Lipinski definition) is 4. The minimum Gasteiger partial charge on any atom is -0.490 e. The van der Waals surface area contributed by atoms with Gasteiger partial charge in [0.05, 0.1) is 22.2 Å². The summed E-state index contributed by atoms with van der Waals surface area (Å²) in [7, 11) is 1.53. The topological polar surface area (TPSA) is 64.2 Å². The predicted molar refractivity (Wildman–Crippen MR) is 93.3 cm³/mol. The number of ether oxygens (including phenoxy) is 2. The van der Waals surface area contributed by atoms with Crippen LogP contribution in [-0.2, 0) is 4.74 Å². The molecule has 0 amide bonds. The molecule has 1 N–H and O–H groups in total. The molecular weight excluding hydrogens is 370 g/mol. The molecule has 3 rings (SSSR count). The number of rotatable bonds is 6. The first kappa shape index (κ1) is 17.7. The molecular formula is C17H13Cl2FN2O3. The molecule has 1 aromatic carbocycles. The highest BCUT2D eigenvalue weighted by molar-refractivity contribution is 6.37. The van der Waals surface area contributed by atoms with E-state index in [4.69, 9.17) is 32.7 Å². The summed E-state index contributed by atoms with van der Waals surface area (Å²) in [6, 6.07) is 4.09. The third kappa shape index (κ3) is 3.46. The molecule has 0 aliphatic carbocycles. The molecule has 0 bridgehead atoms. The van der Waals surface area contributed by atoms with Crippen LogP contribution in [-0.4, -0.2) is 36.1 Å². The van der Waals surface area contributed by atoms with Gasteiger partial charge in [0, 0.05) is 30.5 Å². The first-order valence-corrected chi connectivity index (χ1v) is 8.05. The van der Waals surface area contributed by atoms with Crippen LogP contribution in [0, 0.1) is 5.82 Å². The van der Waals surface area contributed by atoms with Gasteiger partial charge < -0.3 is 14.5 Å². The van der Waals surface area contributed by atoms with Gasteiger partial charge in [0.2, 0.25) is 0 Å². The Morgan fingerprint density at radius 2 is 2.12 bits per heavy atom. The molecule has 5 nitrogen and oxygen atoms in total. The van der Waals surface area contributed by atoms with Crippen molar-refractivity contribution in [2.24, 2.45) is 0 Å². The average Bonchev–Trinajstić information content (AvgIpc) is 3.00. The second-order valence-electron chi connectivity index (χ2n) is 5.16. The van der Waals surface area contributed by atoms with Crippen LogP contribution >= 0.6 is 23.2 Å². The van der Waals surface area contributed by atoms with Crippen LogP contribution in [0.3, 0.4) is 0 Å². The van der Waals surface area contributed by atoms with Crippen LogP contribution in [0.5, 0.6) is 5.75 Å². The Kier molecular flexibility index (Phi) is 5.22. The van der Waals surface area contributed by atoms with Crippen molar-refractivity contribution in [1.29, 1.82) is 0 Å². The highest BCUT2D eigenvalue weighted by atomic mass is 35.5. The summed E-state index contributed by atoms with van der Waals surface area (Å²) in [5.74, 6) is -1.12. The van der Waals surface area contributed by atoms with Gasteiger partial charge in [-0.05, 0) is 18.2 Å². The van der Waals surface area contributed by atoms with Gasteiger partial charge in [0.1, 0.15) is 23.8 Å². The highest BCUT2D eigenvalue weighted by Crippen LogP contribution is 2.33. The quantitative estimate of drug-likeness (QED) is 0.510. The van der Waals surface area contributed by atoms with E-state index in [-0.39, 0.29) is 28.5 Å². The maximum atomic E-state index is 14.3. The number of carbonyl (C=O) groups excluding carboxylic acids is 1. The number of H-pyrrole nitrogens is 1. The van der Waals surface area contributed by atoms with Gasteiger partial charge in [-0.25, -0.2) is 9.37 Å². The monoisotopic (exact) mass is 382 g/mol. The first-order valence-electron chi connectivity index (χ1n) is 7.30. The van der Waals surface area contributed by atoms with E-state index in [9.17, 15) is 9.18 Å². The van der Waals surface area contributed by atoms with Crippen molar-refractivity contribution in [3.05, 3.63) is 57.6 Å². The lowest BCUT2D eigenvalue weighted by atomic mass is 10.0. The Hall–Kier alpha value is -2.15. The zero-order valence-electron chi connectivity index (χ0n) is 13.1. The van der Waals surface area contributed by atoms with E-state index in [1.54, 1.807) is 6.07 Å². The van der Waals surface area contributed by atoms with Crippen LogP contribution in [0.25, 0.3) is 11.0 Å². The third-order valence-corrected chi connectivity index (χ3v) is 4.15. The second kappa shape index (κ2) is 7.39. The number of nitrogens with one attached hydrogen (secondary N) is 1. The number of aromatic amines is 1. The number of nitrogens with zero attached hydrogens (tertiary/aromatic N) is 1. The van der Waals surface area contributed by atoms with E-state index >= 15 is 0 Å². The number of hydrogen-bond donors (Lipinski definition) is 1. The Morgan fingerprint density at radius 3 is 2.88 bits per heavy atom. The minimum atomic E-state index is -0.738. The summed E-state index contributed by atoms with van der Waals surface area (Å²) in [6.07, 6.45) is 2.90. The van der Waals surface area contributed by atoms with Crippen LogP contribution < -0.4 is 4.74 Å². The molecule has 0 atom stereocenters. The summed E-state index contributed by atoms with van der Waals surface area (Å²) < 4.78 is 24.6. The second-order valence-corrected chi connectivity index (χ2v) is 5.97. The minimum absolute atomic E-state index is 0.0922. The van der Waals surface area contributed by atoms with E-state index < -0.39 is 11.6 Å². The number of fused-ring (bicyclic) bond motifs is 1. The summed E-state index contributed by atoms with van der Waals surface area (Å²) >= 11 is 12.1. The highest BCUT2D eigenvalue weighted by Gasteiger charge is 2.24. The molecule has 3 aromatic rings. The fourth-order valence-electron chi connectivity index (χ4n) is 2.39. The maximum Gasteiger partial charge on any atom is 0.199 e. The number of methoxy groups -OCH3 is 1. The van der Waals surface area contributed by atoms with Gasteiger partial charge in [0.25, 0.3) is 0 Å². The molecule has 0 aliphatic heterocycles. The SMILES string of the molecule is COCCOc1ccc(F)c(C(=O)c2c[nH]c3ncc(Cl)cc23)c1Cl. The number of benzene rings is 1. The number of ketones is 1. The van der Waals surface area contributed by atoms with Crippen LogP contribution in [0.15, 0.2) is 30.6 Å². The molecule has 8 heteroatoms. The Labute approximate surface area is 152 Å². The maximum absolute atomic E-state index is 14.3. The molecule has 0 aliphatic rings. The fourth-order valence-corrected chi connectivity index (χ4v) is 2.84. The lowest BCUT2D eigenvalue weighted by Gasteiger charge is -2.11. The van der Waals surface area contributed by atoms with Gasteiger partial charge in [-0.3, -0.25) is 4.79 Å². The van der Waals surface area contributed by atoms with E-state index in [0.29, 0.717) is 22.7 Å². The van der Waals surface area contributed by atoms with Gasteiger partial charge in [-0.15, -0.1) is 0 Å². The molecule has 0 saturated heterocycles. The lowest BCUT2D eigenvalue weighted by molar-refractivity contribution is 0.103. The molecule has 0 fully saturated rings. The van der Waals surface area contributed by atoms with E-state index in [2.05, 4.69) is 9.97 Å². The molecule has 2 aromatic heterocycles. The molecule has 0 radical (unpaired) electrons. The lowest BCUT2D eigenvalue weighted by Crippen LogP contribution is -2.09. The van der Waals surface area contributed by atoms with Crippen molar-refractivity contribution < 1.29 is 18.7 Å². The summed E-state index contributed by atoms with van der Waals surface area (Å²) in [6.45, 7) is 0.561. The molecule has 0 saturated carbocycles. The first-order chi connectivity index (χ1) is 12.0. The number of aromatic nitrogens is 2. The van der Waals surface area contributed by atoms with Crippen molar-refractivity contribution in [1.82, 2.24) is 9.97 Å². The number of halogens is 3. The molecule has 130 valence electrons. The van der Waals surface area contributed by atoms with Crippen LogP contribution in [0.2, 0.25) is 10.0 Å². The van der Waals surface area contributed by atoms with Crippen molar-refractivity contribution in [3.8, 4) is 5.75 Å². The Morgan fingerprint density at radius 1 is 1.32 bits per heavy atom. The summed E-state index contributed by atoms with van der Waals surface area (Å²) in [5, 5.41) is 0.758. The summed E-state index contributed by atoms with van der Waals surface area (Å²) in [5.41, 5.74) is 0.425. The van der Waals surface area contributed by atoms with Gasteiger partial charge in [0.15, 0.2) is 5.78 Å².